The van der Waals surface area contributed by atoms with Crippen LogP contribution in [-0.2, 0) is 14.3 Å². The molecule has 0 aliphatic carbocycles. The topological polar surface area (TPSA) is 122 Å². The number of amides is 2. The number of alkyl halides is 1. The van der Waals surface area contributed by atoms with Crippen LogP contribution in [0.2, 0.25) is 0 Å². The second-order valence-corrected chi connectivity index (χ2v) is 16.8. The molecule has 0 aliphatic heterocycles. The van der Waals surface area contributed by atoms with E-state index >= 15 is 0 Å². The molecule has 2 amide bonds. The molecule has 340 valence electrons. The van der Waals surface area contributed by atoms with Gasteiger partial charge < -0.3 is 26.0 Å². The average molecular weight is 814 g/mol. The summed E-state index contributed by atoms with van der Waals surface area (Å²) >= 11 is 5.48. The Morgan fingerprint density at radius 1 is 0.800 bits per heavy atom. The van der Waals surface area contributed by atoms with Crippen molar-refractivity contribution in [3.05, 3.63) is 12.2 Å². The van der Waals surface area contributed by atoms with E-state index in [1.165, 1.54) is 38.5 Å². The number of nitrogens with two attached hydrogens (primary N) is 1. The number of allylic oxidation sites excluding steroid dienone is 1. The van der Waals surface area contributed by atoms with Crippen LogP contribution in [0.4, 0.5) is 0 Å². The van der Waals surface area contributed by atoms with Crippen LogP contribution in [0.3, 0.4) is 0 Å². The number of ether oxygens (including phenoxy) is 1. The molecule has 0 rings (SSSR count). The number of primary amides is 1. The van der Waals surface area contributed by atoms with Crippen LogP contribution < -0.4 is 11.1 Å². The number of hydrogen-bond acceptors (Lipinski definition) is 5. The third-order valence-corrected chi connectivity index (χ3v) is 7.33. The Labute approximate surface area is 352 Å². The summed E-state index contributed by atoms with van der Waals surface area (Å²) in [5, 5.41) is 20.7. The molecule has 0 heterocycles. The van der Waals surface area contributed by atoms with Gasteiger partial charge in [0.05, 0.1) is 18.8 Å². The van der Waals surface area contributed by atoms with Crippen LogP contribution in [0, 0.1) is 28.1 Å². The van der Waals surface area contributed by atoms with Gasteiger partial charge in [0.15, 0.2) is 0 Å². The lowest BCUT2D eigenvalue weighted by atomic mass is 9.73. The summed E-state index contributed by atoms with van der Waals surface area (Å²) in [5.74, 6) is 1.62. The zero-order chi connectivity index (χ0) is 45.7. The Morgan fingerprint density at radius 2 is 1.27 bits per heavy atom. The molecule has 0 radical (unpaired) electrons. The maximum atomic E-state index is 12.3. The van der Waals surface area contributed by atoms with Crippen LogP contribution in [0.15, 0.2) is 12.2 Å². The molecule has 1 atom stereocenters. The van der Waals surface area contributed by atoms with Crippen LogP contribution in [0.1, 0.15) is 217 Å². The Kier molecular flexibility index (Phi) is 63.7. The number of carbonyl (C=O) groups excluding carboxylic acids is 2. The smallest absolute Gasteiger partial charge is 0.225 e. The number of carbonyl (C=O) groups is 2. The van der Waals surface area contributed by atoms with Gasteiger partial charge in [0.25, 0.3) is 0 Å². The minimum Gasteiger partial charge on any atom is -0.396 e. The monoisotopic (exact) mass is 813 g/mol. The first-order valence-electron chi connectivity index (χ1n) is 22.1. The average Bonchev–Trinajstić information content (AvgIpc) is 3.10. The SMILES string of the molecule is CC.CC.CC.CC.CC(C)(CC(N)=O)CC(C)(C)C(=O)NCCOC(C)(C)CO.CC(C)CC(C)(C)C.CC=CC(CO)CCC.CCCCCCCCl. The Morgan fingerprint density at radius 3 is 1.58 bits per heavy atom. The van der Waals surface area contributed by atoms with Crippen molar-refractivity contribution in [1.29, 1.82) is 0 Å². The first kappa shape index (κ1) is 71.5. The molecule has 0 aliphatic rings. The molecule has 0 bridgehead atoms. The molecule has 0 aromatic rings. The minimum atomic E-state index is -0.607. The fraction of sp³-hybridized carbons (Fsp3) is 0.915. The summed E-state index contributed by atoms with van der Waals surface area (Å²) in [5.41, 5.74) is 4.23. The lowest BCUT2D eigenvalue weighted by Gasteiger charge is -2.33. The lowest BCUT2D eigenvalue weighted by Crippen LogP contribution is -2.42. The molecule has 7 nitrogen and oxygen atoms in total. The number of nitrogens with one attached hydrogen (secondary N) is 1. The van der Waals surface area contributed by atoms with E-state index in [1.54, 1.807) is 13.8 Å². The van der Waals surface area contributed by atoms with Gasteiger partial charge in [-0.1, -0.05) is 176 Å². The minimum absolute atomic E-state index is 0.0756. The molecule has 0 spiro atoms. The van der Waals surface area contributed by atoms with Crippen molar-refractivity contribution >= 4 is 23.4 Å². The lowest BCUT2D eigenvalue weighted by molar-refractivity contribution is -0.132. The summed E-state index contributed by atoms with van der Waals surface area (Å²) < 4.78 is 5.47. The Bertz CT molecular complexity index is 770. The number of rotatable bonds is 20. The second kappa shape index (κ2) is 49.0. The van der Waals surface area contributed by atoms with Gasteiger partial charge in [0.2, 0.25) is 11.8 Å². The Hall–Kier alpha value is -1.15. The van der Waals surface area contributed by atoms with Gasteiger partial charge in [-0.15, -0.1) is 11.6 Å². The molecule has 1 unspecified atom stereocenters. The van der Waals surface area contributed by atoms with E-state index in [1.807, 2.05) is 96.1 Å². The third-order valence-electron chi connectivity index (χ3n) is 7.07. The van der Waals surface area contributed by atoms with Crippen molar-refractivity contribution in [2.75, 3.05) is 32.2 Å². The quantitative estimate of drug-likeness (QED) is 0.0554. The molecule has 0 fully saturated rings. The summed E-state index contributed by atoms with van der Waals surface area (Å²) in [6.07, 6.45) is 15.0. The summed E-state index contributed by atoms with van der Waals surface area (Å²) in [6.45, 7) is 45.8. The third kappa shape index (κ3) is 67.9. The highest BCUT2D eigenvalue weighted by atomic mass is 35.5. The molecule has 0 saturated heterocycles. The van der Waals surface area contributed by atoms with Crippen molar-refractivity contribution in [2.24, 2.45) is 33.8 Å². The zero-order valence-corrected chi connectivity index (χ0v) is 42.2. The highest BCUT2D eigenvalue weighted by molar-refractivity contribution is 6.17. The summed E-state index contributed by atoms with van der Waals surface area (Å²) in [4.78, 5) is 23.4. The molecular formula is C47H105ClN2O5. The van der Waals surface area contributed by atoms with Gasteiger partial charge in [-0.3, -0.25) is 9.59 Å². The van der Waals surface area contributed by atoms with E-state index in [2.05, 4.69) is 59.9 Å². The van der Waals surface area contributed by atoms with E-state index in [-0.39, 0.29) is 36.9 Å². The summed E-state index contributed by atoms with van der Waals surface area (Å²) in [7, 11) is 0. The first-order valence-corrected chi connectivity index (χ1v) is 22.6. The number of aliphatic hydroxyl groups excluding tert-OH is 2. The van der Waals surface area contributed by atoms with Crippen molar-refractivity contribution in [3.63, 3.8) is 0 Å². The number of unbranched alkanes of at least 4 members (excludes halogenated alkanes) is 4. The largest absolute Gasteiger partial charge is 0.396 e. The van der Waals surface area contributed by atoms with Crippen LogP contribution in [0.5, 0.6) is 0 Å². The molecule has 55 heavy (non-hydrogen) atoms. The normalized spacial score (nSPS) is 11.3. The van der Waals surface area contributed by atoms with E-state index in [9.17, 15) is 9.59 Å². The van der Waals surface area contributed by atoms with Crippen molar-refractivity contribution < 1.29 is 24.5 Å². The van der Waals surface area contributed by atoms with E-state index in [0.29, 0.717) is 30.9 Å². The fourth-order valence-electron chi connectivity index (χ4n) is 5.40. The van der Waals surface area contributed by atoms with Crippen LogP contribution in [0.25, 0.3) is 0 Å². The molecular weight excluding hydrogens is 708 g/mol. The number of aliphatic hydroxyl groups is 2. The van der Waals surface area contributed by atoms with Gasteiger partial charge >= 0.3 is 0 Å². The highest BCUT2D eigenvalue weighted by Crippen LogP contribution is 2.36. The predicted molar refractivity (Wildman–Crippen MR) is 250 cm³/mol. The maximum Gasteiger partial charge on any atom is 0.225 e. The van der Waals surface area contributed by atoms with Gasteiger partial charge in [-0.2, -0.15) is 0 Å². The Balaban J connectivity index is -0.0000000927. The van der Waals surface area contributed by atoms with E-state index < -0.39 is 11.0 Å². The van der Waals surface area contributed by atoms with E-state index in [4.69, 9.17) is 32.3 Å². The standard InChI is InChI=1S/C16H32N2O4.C8H16O.C8H18.C7H15Cl.4C2H6/c1-14(2,9-12(17)20)10-15(3,4)13(21)18-7-8-22-16(5,6)11-19;1-3-5-8(7-9)6-4-2;1-7(2)6-8(3,4)5;1-2-3-4-5-6-7-8;4*1-2/h19H,7-11H2,1-6H3,(H2,17,20)(H,18,21);3,5,8-9H,4,6-7H2,1-2H3;7H,6H2,1-5H3;2-7H2,1H3;4*1-2H3. The van der Waals surface area contributed by atoms with Crippen molar-refractivity contribution in [2.45, 2.75) is 222 Å². The fourth-order valence-corrected chi connectivity index (χ4v) is 5.59. The molecule has 0 saturated carbocycles. The number of halogens is 1. The second-order valence-electron chi connectivity index (χ2n) is 16.4. The van der Waals surface area contributed by atoms with Crippen LogP contribution >= 0.6 is 11.6 Å². The maximum absolute atomic E-state index is 12.3. The molecule has 5 N–H and O–H groups in total. The van der Waals surface area contributed by atoms with Gasteiger partial charge in [-0.05, 0) is 69.1 Å². The highest BCUT2D eigenvalue weighted by Gasteiger charge is 2.35. The zero-order valence-electron chi connectivity index (χ0n) is 41.5. The molecule has 0 aromatic heterocycles. The molecule has 8 heteroatoms. The number of hydrogen-bond donors (Lipinski definition) is 4. The van der Waals surface area contributed by atoms with Gasteiger partial charge in [0.1, 0.15) is 0 Å². The van der Waals surface area contributed by atoms with E-state index in [0.717, 1.165) is 24.6 Å². The van der Waals surface area contributed by atoms with Gasteiger partial charge in [-0.25, -0.2) is 0 Å². The van der Waals surface area contributed by atoms with Crippen molar-refractivity contribution in [3.8, 4) is 0 Å². The van der Waals surface area contributed by atoms with Crippen LogP contribution in [-0.4, -0.2) is 59.9 Å². The summed E-state index contributed by atoms with van der Waals surface area (Å²) in [6, 6.07) is 0. The first-order chi connectivity index (χ1) is 25.5. The van der Waals surface area contributed by atoms with Gasteiger partial charge in [0, 0.05) is 30.9 Å². The predicted octanol–water partition coefficient (Wildman–Crippen LogP) is 13.6. The molecule has 0 aromatic carbocycles. The van der Waals surface area contributed by atoms with Crippen molar-refractivity contribution in [1.82, 2.24) is 5.32 Å².